The average Bonchev–Trinajstić information content (AvgIpc) is 2.73. The Morgan fingerprint density at radius 3 is 2.94 bits per heavy atom. The molecular formula is C11H9NO2S2. The molecule has 0 saturated carbocycles. The van der Waals surface area contributed by atoms with Gasteiger partial charge in [-0.05, 0) is 24.6 Å². The van der Waals surface area contributed by atoms with E-state index >= 15 is 0 Å². The van der Waals surface area contributed by atoms with E-state index in [1.54, 1.807) is 30.5 Å². The van der Waals surface area contributed by atoms with Crippen molar-refractivity contribution in [1.29, 1.82) is 0 Å². The number of rotatable bonds is 3. The summed E-state index contributed by atoms with van der Waals surface area (Å²) < 4.78 is 0.917. The van der Waals surface area contributed by atoms with E-state index < -0.39 is 5.97 Å². The molecule has 2 aromatic rings. The van der Waals surface area contributed by atoms with Crippen molar-refractivity contribution < 1.29 is 9.90 Å². The lowest BCUT2D eigenvalue weighted by molar-refractivity contribution is 0.0696. The summed E-state index contributed by atoms with van der Waals surface area (Å²) in [6.45, 7) is 1.79. The second kappa shape index (κ2) is 4.67. The number of benzene rings is 1. The highest BCUT2D eigenvalue weighted by molar-refractivity contribution is 8.01. The smallest absolute Gasteiger partial charge is 0.335 e. The Balaban J connectivity index is 2.29. The molecule has 0 unspecified atom stereocenters. The molecule has 0 aliphatic carbocycles. The fraction of sp³-hybridized carbons (Fsp3) is 0.0909. The van der Waals surface area contributed by atoms with Crippen molar-refractivity contribution in [2.45, 2.75) is 16.2 Å². The lowest BCUT2D eigenvalue weighted by Gasteiger charge is -2.03. The van der Waals surface area contributed by atoms with Crippen LogP contribution in [0.15, 0.2) is 39.0 Å². The summed E-state index contributed by atoms with van der Waals surface area (Å²) >= 11 is 3.02. The van der Waals surface area contributed by atoms with Gasteiger partial charge in [-0.15, -0.1) is 11.3 Å². The first-order valence-electron chi connectivity index (χ1n) is 4.58. The predicted molar refractivity (Wildman–Crippen MR) is 64.4 cm³/mol. The maximum absolute atomic E-state index is 11.0. The van der Waals surface area contributed by atoms with Gasteiger partial charge in [0.1, 0.15) is 0 Å². The first-order chi connectivity index (χ1) is 7.66. The lowest BCUT2D eigenvalue weighted by Crippen LogP contribution is -1.99. The van der Waals surface area contributed by atoms with Gasteiger partial charge < -0.3 is 5.11 Å². The van der Waals surface area contributed by atoms with E-state index in [-0.39, 0.29) is 0 Å². The van der Waals surface area contributed by atoms with Gasteiger partial charge >= 0.3 is 5.97 Å². The fourth-order valence-electron chi connectivity index (χ4n) is 1.26. The van der Waals surface area contributed by atoms with Gasteiger partial charge in [-0.1, -0.05) is 17.8 Å². The Morgan fingerprint density at radius 1 is 1.50 bits per heavy atom. The summed E-state index contributed by atoms with van der Waals surface area (Å²) in [5, 5.41) is 10.9. The Hall–Kier alpha value is -1.33. The zero-order valence-corrected chi connectivity index (χ0v) is 10.1. The number of aromatic nitrogens is 1. The molecule has 0 bridgehead atoms. The van der Waals surface area contributed by atoms with Gasteiger partial charge in [0, 0.05) is 16.5 Å². The molecule has 0 spiro atoms. The normalized spacial score (nSPS) is 10.3. The molecule has 1 N–H and O–H groups in total. The molecular weight excluding hydrogens is 242 g/mol. The van der Waals surface area contributed by atoms with Crippen molar-refractivity contribution >= 4 is 29.1 Å². The second-order valence-electron chi connectivity index (χ2n) is 3.18. The van der Waals surface area contributed by atoms with Crippen LogP contribution in [0, 0.1) is 6.92 Å². The predicted octanol–water partition coefficient (Wildman–Crippen LogP) is 3.30. The first kappa shape index (κ1) is 11.2. The van der Waals surface area contributed by atoms with Crippen molar-refractivity contribution in [3.05, 3.63) is 40.9 Å². The van der Waals surface area contributed by atoms with E-state index in [0.29, 0.717) is 5.56 Å². The van der Waals surface area contributed by atoms with Gasteiger partial charge in [0.25, 0.3) is 0 Å². The van der Waals surface area contributed by atoms with Crippen LogP contribution in [0.3, 0.4) is 0 Å². The largest absolute Gasteiger partial charge is 0.478 e. The average molecular weight is 251 g/mol. The molecule has 16 heavy (non-hydrogen) atoms. The van der Waals surface area contributed by atoms with E-state index in [1.807, 2.05) is 17.5 Å². The minimum atomic E-state index is -0.890. The summed E-state index contributed by atoms with van der Waals surface area (Å²) in [5.41, 5.74) is 1.12. The third-order valence-electron chi connectivity index (χ3n) is 2.05. The number of carboxylic acids is 1. The monoisotopic (exact) mass is 251 g/mol. The fourth-order valence-corrected chi connectivity index (χ4v) is 2.89. The SMILES string of the molecule is Cc1ccc(Sc2nccs2)cc1C(=O)O. The molecule has 0 aliphatic rings. The van der Waals surface area contributed by atoms with E-state index in [1.165, 1.54) is 11.8 Å². The molecule has 3 nitrogen and oxygen atoms in total. The summed E-state index contributed by atoms with van der Waals surface area (Å²) in [5.74, 6) is -0.890. The first-order valence-corrected chi connectivity index (χ1v) is 6.28. The highest BCUT2D eigenvalue weighted by atomic mass is 32.2. The minimum Gasteiger partial charge on any atom is -0.478 e. The quantitative estimate of drug-likeness (QED) is 0.909. The van der Waals surface area contributed by atoms with Crippen molar-refractivity contribution in [2.24, 2.45) is 0 Å². The third-order valence-corrected chi connectivity index (χ3v) is 3.93. The van der Waals surface area contributed by atoms with Crippen molar-refractivity contribution in [1.82, 2.24) is 4.98 Å². The highest BCUT2D eigenvalue weighted by Gasteiger charge is 2.09. The third kappa shape index (κ3) is 2.43. The van der Waals surface area contributed by atoms with Crippen LogP contribution in [0.4, 0.5) is 0 Å². The number of aryl methyl sites for hydroxylation is 1. The van der Waals surface area contributed by atoms with Crippen molar-refractivity contribution in [3.8, 4) is 0 Å². The van der Waals surface area contributed by atoms with E-state index in [9.17, 15) is 4.79 Å². The number of hydrogen-bond acceptors (Lipinski definition) is 4. The number of thiazole rings is 1. The number of aromatic carboxylic acids is 1. The molecule has 5 heteroatoms. The zero-order chi connectivity index (χ0) is 11.5. The maximum atomic E-state index is 11.0. The van der Waals surface area contributed by atoms with Gasteiger partial charge in [-0.25, -0.2) is 9.78 Å². The van der Waals surface area contributed by atoms with Crippen molar-refractivity contribution in [3.63, 3.8) is 0 Å². The van der Waals surface area contributed by atoms with Crippen LogP contribution in [-0.2, 0) is 0 Å². The summed E-state index contributed by atoms with van der Waals surface area (Å²) in [7, 11) is 0. The molecule has 0 saturated heterocycles. The number of nitrogens with zero attached hydrogens (tertiary/aromatic N) is 1. The van der Waals surface area contributed by atoms with Crippen LogP contribution < -0.4 is 0 Å². The maximum Gasteiger partial charge on any atom is 0.335 e. The Bertz CT molecular complexity index is 509. The van der Waals surface area contributed by atoms with Crippen LogP contribution in [0.2, 0.25) is 0 Å². The standard InChI is InChI=1S/C11H9NO2S2/c1-7-2-3-8(6-9(7)10(13)14)16-11-12-4-5-15-11/h2-6H,1H3,(H,13,14). The number of carboxylic acid groups (broad SMARTS) is 1. The number of hydrogen-bond donors (Lipinski definition) is 1. The summed E-state index contributed by atoms with van der Waals surface area (Å²) in [4.78, 5) is 16.0. The Labute approximate surface area is 101 Å². The van der Waals surface area contributed by atoms with Crippen LogP contribution >= 0.6 is 23.1 Å². The molecule has 1 aromatic heterocycles. The Morgan fingerprint density at radius 2 is 2.31 bits per heavy atom. The Kier molecular flexibility index (Phi) is 3.26. The molecule has 82 valence electrons. The van der Waals surface area contributed by atoms with Crippen LogP contribution in [-0.4, -0.2) is 16.1 Å². The second-order valence-corrected chi connectivity index (χ2v) is 5.40. The molecule has 1 heterocycles. The van der Waals surface area contributed by atoms with Crippen LogP contribution in [0.25, 0.3) is 0 Å². The highest BCUT2D eigenvalue weighted by Crippen LogP contribution is 2.30. The van der Waals surface area contributed by atoms with E-state index in [2.05, 4.69) is 4.98 Å². The summed E-state index contributed by atoms with van der Waals surface area (Å²) in [6.07, 6.45) is 1.74. The van der Waals surface area contributed by atoms with Gasteiger partial charge in [0.15, 0.2) is 4.34 Å². The molecule has 0 amide bonds. The molecule has 0 radical (unpaired) electrons. The molecule has 1 aromatic carbocycles. The van der Waals surface area contributed by atoms with Gasteiger partial charge in [0.2, 0.25) is 0 Å². The van der Waals surface area contributed by atoms with Gasteiger partial charge in [-0.2, -0.15) is 0 Å². The minimum absolute atomic E-state index is 0.349. The molecule has 0 aliphatic heterocycles. The van der Waals surface area contributed by atoms with E-state index in [4.69, 9.17) is 5.11 Å². The van der Waals surface area contributed by atoms with Crippen LogP contribution in [0.1, 0.15) is 15.9 Å². The zero-order valence-electron chi connectivity index (χ0n) is 8.51. The number of carbonyl (C=O) groups is 1. The molecule has 0 atom stereocenters. The topological polar surface area (TPSA) is 50.2 Å². The summed E-state index contributed by atoms with van der Waals surface area (Å²) in [6, 6.07) is 5.41. The van der Waals surface area contributed by atoms with Gasteiger partial charge in [-0.3, -0.25) is 0 Å². The van der Waals surface area contributed by atoms with Crippen LogP contribution in [0.5, 0.6) is 0 Å². The lowest BCUT2D eigenvalue weighted by atomic mass is 10.1. The van der Waals surface area contributed by atoms with Gasteiger partial charge in [0.05, 0.1) is 5.56 Å². The molecule has 2 rings (SSSR count). The van der Waals surface area contributed by atoms with Crippen molar-refractivity contribution in [2.75, 3.05) is 0 Å². The van der Waals surface area contributed by atoms with E-state index in [0.717, 1.165) is 14.8 Å². The molecule has 0 fully saturated rings.